The number of nitrogens with zero attached hydrogens (tertiary/aromatic N) is 1. The third-order valence-corrected chi connectivity index (χ3v) is 3.92. The molecule has 1 aromatic carbocycles. The number of carbonyl (C=O) groups is 1. The van der Waals surface area contributed by atoms with Crippen LogP contribution in [0.25, 0.3) is 0 Å². The molecule has 1 saturated heterocycles. The number of halogens is 2. The van der Waals surface area contributed by atoms with Crippen molar-refractivity contribution in [3.05, 3.63) is 34.6 Å². The first-order chi connectivity index (χ1) is 9.99. The molecule has 0 bridgehead atoms. The van der Waals surface area contributed by atoms with E-state index in [-0.39, 0.29) is 23.9 Å². The van der Waals surface area contributed by atoms with Crippen molar-refractivity contribution in [2.75, 3.05) is 26.2 Å². The van der Waals surface area contributed by atoms with Gasteiger partial charge in [-0.1, -0.05) is 17.7 Å². The highest BCUT2D eigenvalue weighted by molar-refractivity contribution is 6.31. The molecule has 0 spiro atoms. The maximum absolute atomic E-state index is 14.2. The zero-order valence-electron chi connectivity index (χ0n) is 12.2. The summed E-state index contributed by atoms with van der Waals surface area (Å²) in [6.45, 7) is 5.69. The Morgan fingerprint density at radius 3 is 3.00 bits per heavy atom. The summed E-state index contributed by atoms with van der Waals surface area (Å²) in [7, 11) is 0. The molecule has 0 aliphatic carbocycles. The number of benzene rings is 1. The first kappa shape index (κ1) is 16.2. The highest BCUT2D eigenvalue weighted by atomic mass is 35.5. The lowest BCUT2D eigenvalue weighted by Crippen LogP contribution is -2.46. The van der Waals surface area contributed by atoms with E-state index in [1.54, 1.807) is 12.1 Å². The van der Waals surface area contributed by atoms with E-state index in [0.29, 0.717) is 36.8 Å². The third-order valence-electron chi connectivity index (χ3n) is 3.59. The summed E-state index contributed by atoms with van der Waals surface area (Å²) in [5.74, 6) is -0.495. The van der Waals surface area contributed by atoms with Gasteiger partial charge in [0.25, 0.3) is 0 Å². The molecule has 4 nitrogen and oxygen atoms in total. The Morgan fingerprint density at radius 1 is 1.62 bits per heavy atom. The number of amides is 1. The number of nitrogens with one attached hydrogen (secondary N) is 1. The molecule has 21 heavy (non-hydrogen) atoms. The highest BCUT2D eigenvalue weighted by Gasteiger charge is 2.29. The fraction of sp³-hybridized carbons (Fsp3) is 0.533. The Morgan fingerprint density at radius 2 is 2.38 bits per heavy atom. The molecule has 1 N–H and O–H groups in total. The largest absolute Gasteiger partial charge is 0.376 e. The van der Waals surface area contributed by atoms with Gasteiger partial charge in [-0.2, -0.15) is 0 Å². The third kappa shape index (κ3) is 4.15. The summed E-state index contributed by atoms with van der Waals surface area (Å²) < 4.78 is 19.7. The minimum absolute atomic E-state index is 0.0733. The van der Waals surface area contributed by atoms with Crippen LogP contribution in [0.15, 0.2) is 18.2 Å². The summed E-state index contributed by atoms with van der Waals surface area (Å²) in [5, 5.41) is 3.14. The van der Waals surface area contributed by atoms with Crippen LogP contribution in [0.4, 0.5) is 4.39 Å². The van der Waals surface area contributed by atoms with Crippen molar-refractivity contribution in [1.29, 1.82) is 0 Å². The standard InChI is InChI=1S/C15H20ClFN2O2/c1-10-9-19(6-7-21-10)14(8-18-11(2)20)15-12(16)4-3-5-13(15)17/h3-5,10,14H,6-9H2,1-2H3,(H,18,20). The quantitative estimate of drug-likeness (QED) is 0.928. The maximum Gasteiger partial charge on any atom is 0.216 e. The normalized spacial score (nSPS) is 21.0. The highest BCUT2D eigenvalue weighted by Crippen LogP contribution is 2.30. The Labute approximate surface area is 129 Å². The second-order valence-corrected chi connectivity index (χ2v) is 5.67. The summed E-state index contributed by atoms with van der Waals surface area (Å²) in [5.41, 5.74) is 0.432. The number of morpholine rings is 1. The number of ether oxygens (including phenoxy) is 1. The molecule has 1 aromatic rings. The van der Waals surface area contributed by atoms with Crippen molar-refractivity contribution in [2.24, 2.45) is 0 Å². The number of carbonyl (C=O) groups excluding carboxylic acids is 1. The molecule has 2 atom stereocenters. The molecule has 0 saturated carbocycles. The van der Waals surface area contributed by atoms with Crippen LogP contribution in [-0.4, -0.2) is 43.2 Å². The van der Waals surface area contributed by atoms with Gasteiger partial charge in [-0.15, -0.1) is 0 Å². The minimum atomic E-state index is -0.350. The van der Waals surface area contributed by atoms with Crippen LogP contribution in [0.2, 0.25) is 5.02 Å². The van der Waals surface area contributed by atoms with Gasteiger partial charge in [-0.25, -0.2) is 4.39 Å². The van der Waals surface area contributed by atoms with E-state index >= 15 is 0 Å². The fourth-order valence-electron chi connectivity index (χ4n) is 2.61. The van der Waals surface area contributed by atoms with E-state index in [4.69, 9.17) is 16.3 Å². The van der Waals surface area contributed by atoms with Gasteiger partial charge in [0.1, 0.15) is 5.82 Å². The summed E-state index contributed by atoms with van der Waals surface area (Å²) in [6, 6.07) is 4.35. The van der Waals surface area contributed by atoms with Gasteiger partial charge in [0.05, 0.1) is 18.8 Å². The Kier molecular flexibility index (Phi) is 5.56. The molecule has 2 rings (SSSR count). The maximum atomic E-state index is 14.2. The van der Waals surface area contributed by atoms with Crippen molar-refractivity contribution in [3.63, 3.8) is 0 Å². The first-order valence-electron chi connectivity index (χ1n) is 7.03. The van der Waals surface area contributed by atoms with Crippen LogP contribution >= 0.6 is 11.6 Å². The van der Waals surface area contributed by atoms with E-state index in [2.05, 4.69) is 10.2 Å². The fourth-order valence-corrected chi connectivity index (χ4v) is 2.90. The van der Waals surface area contributed by atoms with Crippen LogP contribution in [0.5, 0.6) is 0 Å². The van der Waals surface area contributed by atoms with Crippen molar-refractivity contribution in [3.8, 4) is 0 Å². The average Bonchev–Trinajstić information content (AvgIpc) is 2.41. The van der Waals surface area contributed by atoms with Crippen molar-refractivity contribution < 1.29 is 13.9 Å². The van der Waals surface area contributed by atoms with Crippen LogP contribution < -0.4 is 5.32 Å². The van der Waals surface area contributed by atoms with E-state index in [1.807, 2.05) is 6.92 Å². The van der Waals surface area contributed by atoms with Crippen molar-refractivity contribution >= 4 is 17.5 Å². The van der Waals surface area contributed by atoms with Gasteiger partial charge in [0, 0.05) is 37.1 Å². The number of rotatable bonds is 4. The van der Waals surface area contributed by atoms with Gasteiger partial charge in [-0.05, 0) is 19.1 Å². The zero-order chi connectivity index (χ0) is 15.4. The smallest absolute Gasteiger partial charge is 0.216 e. The second kappa shape index (κ2) is 7.20. The molecule has 6 heteroatoms. The summed E-state index contributed by atoms with van der Waals surface area (Å²) >= 11 is 6.18. The molecule has 1 fully saturated rings. The van der Waals surface area contributed by atoms with E-state index in [1.165, 1.54) is 13.0 Å². The molecule has 1 amide bonds. The lowest BCUT2D eigenvalue weighted by molar-refractivity contribution is -0.119. The molecule has 2 unspecified atom stereocenters. The second-order valence-electron chi connectivity index (χ2n) is 5.26. The van der Waals surface area contributed by atoms with Gasteiger partial charge >= 0.3 is 0 Å². The van der Waals surface area contributed by atoms with Gasteiger partial charge < -0.3 is 10.1 Å². The van der Waals surface area contributed by atoms with Crippen molar-refractivity contribution in [2.45, 2.75) is 26.0 Å². The Bertz CT molecular complexity index is 492. The summed E-state index contributed by atoms with van der Waals surface area (Å²) in [6.07, 6.45) is 0.0733. The SMILES string of the molecule is CC(=O)NCC(c1c(F)cccc1Cl)N1CCOC(C)C1. The molecular formula is C15H20ClFN2O2. The van der Waals surface area contributed by atoms with Crippen LogP contribution in [0.1, 0.15) is 25.5 Å². The number of hydrogen-bond acceptors (Lipinski definition) is 3. The lowest BCUT2D eigenvalue weighted by Gasteiger charge is -2.38. The van der Waals surface area contributed by atoms with Crippen molar-refractivity contribution in [1.82, 2.24) is 10.2 Å². The van der Waals surface area contributed by atoms with Gasteiger partial charge in [0.2, 0.25) is 5.91 Å². The van der Waals surface area contributed by atoms with Crippen LogP contribution in [0.3, 0.4) is 0 Å². The minimum Gasteiger partial charge on any atom is -0.376 e. The molecule has 0 radical (unpaired) electrons. The average molecular weight is 315 g/mol. The predicted molar refractivity (Wildman–Crippen MR) is 79.8 cm³/mol. The molecule has 0 aromatic heterocycles. The molecule has 1 aliphatic heterocycles. The topological polar surface area (TPSA) is 41.6 Å². The predicted octanol–water partition coefficient (Wildman–Crippen LogP) is 2.38. The van der Waals surface area contributed by atoms with Gasteiger partial charge in [-0.3, -0.25) is 9.69 Å². The molecule has 1 aliphatic rings. The number of hydrogen-bond donors (Lipinski definition) is 1. The van der Waals surface area contributed by atoms with Crippen LogP contribution in [-0.2, 0) is 9.53 Å². The molecular weight excluding hydrogens is 295 g/mol. The van der Waals surface area contributed by atoms with E-state index in [9.17, 15) is 9.18 Å². The van der Waals surface area contributed by atoms with Crippen LogP contribution in [0, 0.1) is 5.82 Å². The Hall–Kier alpha value is -1.17. The molecule has 116 valence electrons. The first-order valence-corrected chi connectivity index (χ1v) is 7.41. The molecule has 1 heterocycles. The van der Waals surface area contributed by atoms with E-state index in [0.717, 1.165) is 0 Å². The van der Waals surface area contributed by atoms with E-state index < -0.39 is 0 Å². The Balaban J connectivity index is 2.28. The van der Waals surface area contributed by atoms with Gasteiger partial charge in [0.15, 0.2) is 0 Å². The summed E-state index contributed by atoms with van der Waals surface area (Å²) in [4.78, 5) is 13.3. The monoisotopic (exact) mass is 314 g/mol. The lowest BCUT2D eigenvalue weighted by atomic mass is 10.0. The zero-order valence-corrected chi connectivity index (χ0v) is 13.0.